The van der Waals surface area contributed by atoms with Gasteiger partial charge in [0.05, 0.1) is 6.54 Å². The van der Waals surface area contributed by atoms with Crippen LogP contribution in [0.4, 0.5) is 4.79 Å². The van der Waals surface area contributed by atoms with E-state index in [4.69, 9.17) is 10.2 Å². The predicted octanol–water partition coefficient (Wildman–Crippen LogP) is -2.13. The first-order valence-corrected chi connectivity index (χ1v) is 4.59. The van der Waals surface area contributed by atoms with Gasteiger partial charge in [-0.15, -0.1) is 0 Å². The normalized spacial score (nSPS) is 11.4. The molecule has 0 saturated carbocycles. The second-order valence-electron chi connectivity index (χ2n) is 2.90. The third-order valence-electron chi connectivity index (χ3n) is 1.71. The van der Waals surface area contributed by atoms with E-state index in [0.717, 1.165) is 0 Å². The van der Waals surface area contributed by atoms with Crippen molar-refractivity contribution < 1.29 is 24.6 Å². The Hall–Kier alpha value is -1.83. The van der Waals surface area contributed by atoms with Gasteiger partial charge in [0.1, 0.15) is 6.04 Å². The van der Waals surface area contributed by atoms with Crippen molar-refractivity contribution in [3.05, 3.63) is 0 Å². The Kier molecular flexibility index (Phi) is 6.61. The quantitative estimate of drug-likeness (QED) is 0.358. The molecular formula is C8H15N3O5. The molecule has 0 aliphatic rings. The summed E-state index contributed by atoms with van der Waals surface area (Å²) in [6, 6.07) is -1.95. The number of aliphatic hydroxyl groups excluding tert-OH is 1. The van der Waals surface area contributed by atoms with Crippen LogP contribution < -0.4 is 16.0 Å². The van der Waals surface area contributed by atoms with Gasteiger partial charge in [-0.2, -0.15) is 0 Å². The zero-order valence-corrected chi connectivity index (χ0v) is 8.82. The third kappa shape index (κ3) is 5.81. The number of hydrogen-bond donors (Lipinski definition) is 5. The summed E-state index contributed by atoms with van der Waals surface area (Å²) in [7, 11) is 1.41. The lowest BCUT2D eigenvalue weighted by Crippen LogP contribution is -2.48. The number of carbonyl (C=O) groups excluding carboxylic acids is 2. The fourth-order valence-corrected chi connectivity index (χ4v) is 0.845. The van der Waals surface area contributed by atoms with Crippen LogP contribution in [0.1, 0.15) is 6.42 Å². The maximum absolute atomic E-state index is 11.1. The highest BCUT2D eigenvalue weighted by Crippen LogP contribution is 1.90. The Labute approximate surface area is 92.0 Å². The second kappa shape index (κ2) is 7.46. The number of amides is 3. The summed E-state index contributed by atoms with van der Waals surface area (Å²) in [5.41, 5.74) is 0. The summed E-state index contributed by atoms with van der Waals surface area (Å²) in [5.74, 6) is -1.65. The molecule has 0 fully saturated rings. The van der Waals surface area contributed by atoms with Crippen molar-refractivity contribution in [3.8, 4) is 0 Å². The molecule has 0 spiro atoms. The summed E-state index contributed by atoms with van der Waals surface area (Å²) >= 11 is 0. The van der Waals surface area contributed by atoms with Crippen molar-refractivity contribution in [2.24, 2.45) is 0 Å². The largest absolute Gasteiger partial charge is 0.480 e. The number of rotatable bonds is 6. The van der Waals surface area contributed by atoms with Gasteiger partial charge < -0.3 is 26.2 Å². The number of aliphatic carboxylic acids is 1. The van der Waals surface area contributed by atoms with E-state index in [1.165, 1.54) is 7.05 Å². The van der Waals surface area contributed by atoms with Crippen molar-refractivity contribution in [2.45, 2.75) is 12.5 Å². The molecule has 0 rings (SSSR count). The molecule has 0 bridgehead atoms. The molecule has 92 valence electrons. The first-order chi connectivity index (χ1) is 7.51. The smallest absolute Gasteiger partial charge is 0.326 e. The van der Waals surface area contributed by atoms with Gasteiger partial charge in [-0.1, -0.05) is 0 Å². The molecule has 1 atom stereocenters. The van der Waals surface area contributed by atoms with Gasteiger partial charge >= 0.3 is 12.0 Å². The van der Waals surface area contributed by atoms with Crippen LogP contribution in [0.25, 0.3) is 0 Å². The molecule has 8 heteroatoms. The molecule has 0 aromatic carbocycles. The average molecular weight is 233 g/mol. The van der Waals surface area contributed by atoms with E-state index < -0.39 is 23.9 Å². The summed E-state index contributed by atoms with van der Waals surface area (Å²) in [6.45, 7) is -0.597. The number of urea groups is 1. The Morgan fingerprint density at radius 3 is 2.38 bits per heavy atom. The first-order valence-electron chi connectivity index (χ1n) is 4.59. The van der Waals surface area contributed by atoms with Crippen LogP contribution in [-0.4, -0.2) is 54.4 Å². The Bertz CT molecular complexity index is 268. The molecule has 0 aromatic heterocycles. The van der Waals surface area contributed by atoms with E-state index >= 15 is 0 Å². The number of carboxylic acid groups (broad SMARTS) is 1. The van der Waals surface area contributed by atoms with Crippen LogP contribution in [-0.2, 0) is 9.59 Å². The molecule has 0 aliphatic carbocycles. The standard InChI is InChI=1S/C8H15N3O5/c1-9-6(13)4-10-8(16)11-5(2-3-12)7(14)15/h5,12H,2-4H2,1H3,(H,9,13)(H,14,15)(H2,10,11,16)/t5-/m1/s1. The summed E-state index contributed by atoms with van der Waals surface area (Å²) in [4.78, 5) is 32.4. The zero-order chi connectivity index (χ0) is 12.6. The summed E-state index contributed by atoms with van der Waals surface area (Å²) < 4.78 is 0. The third-order valence-corrected chi connectivity index (χ3v) is 1.71. The van der Waals surface area contributed by atoms with Gasteiger partial charge in [0.15, 0.2) is 0 Å². The minimum absolute atomic E-state index is 0.0945. The topological polar surface area (TPSA) is 128 Å². The van der Waals surface area contributed by atoms with Crippen LogP contribution >= 0.6 is 0 Å². The highest BCUT2D eigenvalue weighted by Gasteiger charge is 2.18. The van der Waals surface area contributed by atoms with Gasteiger partial charge in [0.2, 0.25) is 5.91 Å². The lowest BCUT2D eigenvalue weighted by Gasteiger charge is -2.13. The number of aliphatic hydroxyl groups is 1. The number of carbonyl (C=O) groups is 3. The molecule has 5 N–H and O–H groups in total. The number of hydrogen-bond acceptors (Lipinski definition) is 4. The summed E-state index contributed by atoms with van der Waals surface area (Å²) in [5, 5.41) is 23.8. The van der Waals surface area contributed by atoms with Crippen LogP contribution in [0.3, 0.4) is 0 Å². The summed E-state index contributed by atoms with van der Waals surface area (Å²) in [6.07, 6.45) is -0.0945. The van der Waals surface area contributed by atoms with Crippen molar-refractivity contribution in [1.29, 1.82) is 0 Å². The Morgan fingerprint density at radius 1 is 1.31 bits per heavy atom. The number of likely N-dealkylation sites (N-methyl/N-ethyl adjacent to an activating group) is 1. The highest BCUT2D eigenvalue weighted by molar-refractivity contribution is 5.86. The molecule has 0 aromatic rings. The molecule has 0 unspecified atom stereocenters. The van der Waals surface area contributed by atoms with E-state index in [2.05, 4.69) is 16.0 Å². The Morgan fingerprint density at radius 2 is 1.94 bits per heavy atom. The minimum atomic E-state index is -1.25. The lowest BCUT2D eigenvalue weighted by molar-refractivity contribution is -0.139. The van der Waals surface area contributed by atoms with E-state index in [-0.39, 0.29) is 19.6 Å². The van der Waals surface area contributed by atoms with Gasteiger partial charge in [-0.3, -0.25) is 4.79 Å². The van der Waals surface area contributed by atoms with Gasteiger partial charge in [0.25, 0.3) is 0 Å². The molecule has 0 saturated heterocycles. The van der Waals surface area contributed by atoms with Gasteiger partial charge in [-0.05, 0) is 0 Å². The van der Waals surface area contributed by atoms with Crippen LogP contribution in [0, 0.1) is 0 Å². The minimum Gasteiger partial charge on any atom is -0.480 e. The van der Waals surface area contributed by atoms with Crippen molar-refractivity contribution in [2.75, 3.05) is 20.2 Å². The number of carboxylic acids is 1. The van der Waals surface area contributed by atoms with E-state index in [1.807, 2.05) is 0 Å². The van der Waals surface area contributed by atoms with E-state index in [1.54, 1.807) is 0 Å². The molecule has 16 heavy (non-hydrogen) atoms. The predicted molar refractivity (Wildman–Crippen MR) is 53.7 cm³/mol. The maximum atomic E-state index is 11.1. The second-order valence-corrected chi connectivity index (χ2v) is 2.90. The fourth-order valence-electron chi connectivity index (χ4n) is 0.845. The van der Waals surface area contributed by atoms with Crippen LogP contribution in [0.2, 0.25) is 0 Å². The molecule has 3 amide bonds. The molecular weight excluding hydrogens is 218 g/mol. The monoisotopic (exact) mass is 233 g/mol. The van der Waals surface area contributed by atoms with Crippen LogP contribution in [0.15, 0.2) is 0 Å². The average Bonchev–Trinajstić information content (AvgIpc) is 2.25. The van der Waals surface area contributed by atoms with Crippen molar-refractivity contribution in [1.82, 2.24) is 16.0 Å². The van der Waals surface area contributed by atoms with Gasteiger partial charge in [-0.25, -0.2) is 9.59 Å². The van der Waals surface area contributed by atoms with Crippen molar-refractivity contribution >= 4 is 17.9 Å². The molecule has 0 heterocycles. The molecule has 8 nitrogen and oxygen atoms in total. The van der Waals surface area contributed by atoms with E-state index in [9.17, 15) is 14.4 Å². The Balaban J connectivity index is 4.00. The molecule has 0 aliphatic heterocycles. The number of nitrogens with one attached hydrogen (secondary N) is 3. The zero-order valence-electron chi connectivity index (χ0n) is 8.82. The fraction of sp³-hybridized carbons (Fsp3) is 0.625. The van der Waals surface area contributed by atoms with E-state index in [0.29, 0.717) is 0 Å². The maximum Gasteiger partial charge on any atom is 0.326 e. The lowest BCUT2D eigenvalue weighted by atomic mass is 10.2. The highest BCUT2D eigenvalue weighted by atomic mass is 16.4. The van der Waals surface area contributed by atoms with Crippen molar-refractivity contribution in [3.63, 3.8) is 0 Å². The molecule has 0 radical (unpaired) electrons. The van der Waals surface area contributed by atoms with Gasteiger partial charge in [0, 0.05) is 20.1 Å². The SMILES string of the molecule is CNC(=O)CNC(=O)N[C@H](CCO)C(=O)O. The first kappa shape index (κ1) is 14.2. The van der Waals surface area contributed by atoms with Crippen LogP contribution in [0.5, 0.6) is 0 Å².